The Hall–Kier alpha value is -3.65. The lowest BCUT2D eigenvalue weighted by atomic mass is 10.1. The first-order valence-corrected chi connectivity index (χ1v) is 12.1. The quantitative estimate of drug-likeness (QED) is 0.508. The molecule has 1 unspecified atom stereocenters. The van der Waals surface area contributed by atoms with Crippen molar-refractivity contribution in [2.75, 3.05) is 31.6 Å². The van der Waals surface area contributed by atoms with E-state index in [4.69, 9.17) is 9.47 Å². The summed E-state index contributed by atoms with van der Waals surface area (Å²) in [6, 6.07) is 18.4. The molecule has 1 fully saturated rings. The van der Waals surface area contributed by atoms with Crippen LogP contribution in [0.15, 0.2) is 65.5 Å². The number of amides is 1. The molecule has 1 aliphatic rings. The summed E-state index contributed by atoms with van der Waals surface area (Å²) in [6.45, 7) is 7.65. The lowest BCUT2D eigenvalue weighted by molar-refractivity contribution is 0.0920. The lowest BCUT2D eigenvalue weighted by Crippen LogP contribution is -2.40. The molecular formula is C27H34N4O4. The molecule has 0 saturated carbocycles. The molecule has 8 heteroatoms. The van der Waals surface area contributed by atoms with Gasteiger partial charge in [-0.05, 0) is 80.9 Å². The van der Waals surface area contributed by atoms with E-state index in [-0.39, 0.29) is 19.6 Å². The Labute approximate surface area is 207 Å². The first-order chi connectivity index (χ1) is 17.0. The maximum atomic E-state index is 12.5. The van der Waals surface area contributed by atoms with Crippen LogP contribution in [-0.2, 0) is 11.3 Å². The average Bonchev–Trinajstić information content (AvgIpc) is 2.86. The van der Waals surface area contributed by atoms with Gasteiger partial charge in [-0.2, -0.15) is 5.10 Å². The summed E-state index contributed by atoms with van der Waals surface area (Å²) >= 11 is 0. The van der Waals surface area contributed by atoms with E-state index < -0.39 is 6.09 Å². The van der Waals surface area contributed by atoms with E-state index in [0.717, 1.165) is 49.4 Å². The third-order valence-electron chi connectivity index (χ3n) is 6.01. The SMILES string of the molecule is CCOC(=O)Nc1cccc(Cn2nc(-c3ccc(OC4CCCN(CC)C4)cc3)ccc2=O)c1.[HH]. The number of nitrogens with zero attached hydrogens (tertiary/aromatic N) is 3. The number of hydrogen-bond acceptors (Lipinski definition) is 6. The second-order valence-electron chi connectivity index (χ2n) is 8.56. The van der Waals surface area contributed by atoms with Crippen molar-refractivity contribution in [1.82, 2.24) is 14.7 Å². The van der Waals surface area contributed by atoms with E-state index in [2.05, 4.69) is 22.2 Å². The number of carbonyl (C=O) groups is 1. The number of anilines is 1. The fourth-order valence-corrected chi connectivity index (χ4v) is 4.21. The van der Waals surface area contributed by atoms with E-state index >= 15 is 0 Å². The minimum Gasteiger partial charge on any atom is -0.489 e. The highest BCUT2D eigenvalue weighted by Gasteiger charge is 2.20. The maximum absolute atomic E-state index is 12.5. The predicted octanol–water partition coefficient (Wildman–Crippen LogP) is 4.64. The van der Waals surface area contributed by atoms with Gasteiger partial charge in [0, 0.05) is 25.3 Å². The van der Waals surface area contributed by atoms with Crippen LogP contribution in [0.25, 0.3) is 11.3 Å². The van der Waals surface area contributed by atoms with Gasteiger partial charge in [0.2, 0.25) is 0 Å². The zero-order chi connectivity index (χ0) is 24.6. The number of hydrogen-bond donors (Lipinski definition) is 1. The van der Waals surface area contributed by atoms with Crippen molar-refractivity contribution in [1.29, 1.82) is 0 Å². The zero-order valence-corrected chi connectivity index (χ0v) is 20.3. The summed E-state index contributed by atoms with van der Waals surface area (Å²) in [5, 5.41) is 7.25. The molecule has 2 aromatic carbocycles. The van der Waals surface area contributed by atoms with Crippen molar-refractivity contribution in [3.05, 3.63) is 76.6 Å². The van der Waals surface area contributed by atoms with Gasteiger partial charge in [0.1, 0.15) is 11.9 Å². The average molecular weight is 479 g/mol. The summed E-state index contributed by atoms with van der Waals surface area (Å²) < 4.78 is 12.5. The first kappa shape index (κ1) is 24.5. The van der Waals surface area contributed by atoms with Crippen molar-refractivity contribution < 1.29 is 15.7 Å². The molecule has 0 aliphatic carbocycles. The Morgan fingerprint density at radius 1 is 1.14 bits per heavy atom. The van der Waals surface area contributed by atoms with E-state index in [0.29, 0.717) is 18.0 Å². The fraction of sp³-hybridized carbons (Fsp3) is 0.370. The van der Waals surface area contributed by atoms with Gasteiger partial charge in [0.05, 0.1) is 18.8 Å². The molecule has 1 N–H and O–H groups in total. The highest BCUT2D eigenvalue weighted by Crippen LogP contribution is 2.23. The number of aromatic nitrogens is 2. The van der Waals surface area contributed by atoms with Crippen LogP contribution in [0.1, 0.15) is 33.7 Å². The van der Waals surface area contributed by atoms with Gasteiger partial charge < -0.3 is 9.47 Å². The summed E-state index contributed by atoms with van der Waals surface area (Å²) in [7, 11) is 0. The van der Waals surface area contributed by atoms with E-state index in [9.17, 15) is 9.59 Å². The molecule has 0 bridgehead atoms. The monoisotopic (exact) mass is 478 g/mol. The van der Waals surface area contributed by atoms with Crippen LogP contribution in [0.3, 0.4) is 0 Å². The number of benzene rings is 2. The van der Waals surface area contributed by atoms with Crippen LogP contribution in [0.4, 0.5) is 10.5 Å². The molecule has 0 radical (unpaired) electrons. The largest absolute Gasteiger partial charge is 0.489 e. The third-order valence-corrected chi connectivity index (χ3v) is 6.01. The van der Waals surface area contributed by atoms with Crippen molar-refractivity contribution in [3.8, 4) is 17.0 Å². The van der Waals surface area contributed by atoms with Crippen molar-refractivity contribution in [2.24, 2.45) is 0 Å². The predicted molar refractivity (Wildman–Crippen MR) is 138 cm³/mol. The number of likely N-dealkylation sites (tertiary alicyclic amines) is 1. The van der Waals surface area contributed by atoms with E-state index in [1.165, 1.54) is 10.7 Å². The molecule has 2 heterocycles. The normalized spacial score (nSPS) is 16.0. The number of carbonyl (C=O) groups excluding carboxylic acids is 1. The van der Waals surface area contributed by atoms with Gasteiger partial charge in [-0.1, -0.05) is 19.1 Å². The van der Waals surface area contributed by atoms with Crippen molar-refractivity contribution in [2.45, 2.75) is 39.3 Å². The van der Waals surface area contributed by atoms with Gasteiger partial charge in [-0.25, -0.2) is 9.48 Å². The number of rotatable bonds is 8. The standard InChI is InChI=1S/C27H32N4O4.H2/c1-3-30-16-6-9-24(19-30)35-23-12-10-21(11-13-23)25-14-15-26(32)31(29-25)18-20-7-5-8-22(17-20)28-27(33)34-4-2;/h5,7-8,10-15,17,24H,3-4,6,9,16,18-19H2,1-2H3,(H,28,33);1H. The minimum absolute atomic E-state index is 0. The zero-order valence-electron chi connectivity index (χ0n) is 20.3. The van der Waals surface area contributed by atoms with Gasteiger partial charge in [0.15, 0.2) is 0 Å². The smallest absolute Gasteiger partial charge is 0.411 e. The van der Waals surface area contributed by atoms with Gasteiger partial charge in [-0.15, -0.1) is 0 Å². The molecule has 1 amide bonds. The van der Waals surface area contributed by atoms with Gasteiger partial charge in [0.25, 0.3) is 5.56 Å². The van der Waals surface area contributed by atoms with Crippen LogP contribution >= 0.6 is 0 Å². The van der Waals surface area contributed by atoms with Crippen LogP contribution in [0.2, 0.25) is 0 Å². The maximum Gasteiger partial charge on any atom is 0.411 e. The Balaban J connectivity index is 0.00000361. The molecule has 1 aromatic heterocycles. The Morgan fingerprint density at radius 2 is 1.97 bits per heavy atom. The van der Waals surface area contributed by atoms with Crippen molar-refractivity contribution in [3.63, 3.8) is 0 Å². The Morgan fingerprint density at radius 3 is 2.74 bits per heavy atom. The highest BCUT2D eigenvalue weighted by atomic mass is 16.5. The number of piperidine rings is 1. The molecule has 4 rings (SSSR count). The van der Waals surface area contributed by atoms with Crippen LogP contribution in [0.5, 0.6) is 5.75 Å². The molecular weight excluding hydrogens is 444 g/mol. The molecule has 1 aliphatic heterocycles. The Kier molecular flexibility index (Phi) is 8.15. The number of nitrogens with one attached hydrogen (secondary N) is 1. The van der Waals surface area contributed by atoms with Gasteiger partial charge in [-0.3, -0.25) is 15.0 Å². The summed E-state index contributed by atoms with van der Waals surface area (Å²) in [4.78, 5) is 26.6. The summed E-state index contributed by atoms with van der Waals surface area (Å²) in [5.74, 6) is 0.843. The number of ether oxygens (including phenoxy) is 2. The Bertz CT molecular complexity index is 1200. The topological polar surface area (TPSA) is 85.7 Å². The van der Waals surface area contributed by atoms with Crippen molar-refractivity contribution >= 4 is 11.8 Å². The van der Waals surface area contributed by atoms with Crippen LogP contribution in [-0.4, -0.2) is 53.1 Å². The molecule has 35 heavy (non-hydrogen) atoms. The van der Waals surface area contributed by atoms with Gasteiger partial charge >= 0.3 is 6.09 Å². The molecule has 186 valence electrons. The molecule has 3 aromatic rings. The summed E-state index contributed by atoms with van der Waals surface area (Å²) in [5.41, 5.74) is 2.84. The molecule has 0 spiro atoms. The second kappa shape index (κ2) is 11.7. The number of likely N-dealkylation sites (N-methyl/N-ethyl adjacent to an activating group) is 1. The third kappa shape index (κ3) is 6.70. The summed E-state index contributed by atoms with van der Waals surface area (Å²) in [6.07, 6.45) is 1.93. The first-order valence-electron chi connectivity index (χ1n) is 12.1. The van der Waals surface area contributed by atoms with Crippen LogP contribution in [0, 0.1) is 0 Å². The fourth-order valence-electron chi connectivity index (χ4n) is 4.21. The van der Waals surface area contributed by atoms with E-state index in [1.807, 2.05) is 36.4 Å². The minimum atomic E-state index is -0.513. The molecule has 1 atom stereocenters. The van der Waals surface area contributed by atoms with Crippen LogP contribution < -0.4 is 15.6 Å². The molecule has 1 saturated heterocycles. The highest BCUT2D eigenvalue weighted by molar-refractivity contribution is 5.84. The lowest BCUT2D eigenvalue weighted by Gasteiger charge is -2.32. The molecule has 8 nitrogen and oxygen atoms in total. The second-order valence-corrected chi connectivity index (χ2v) is 8.56. The van der Waals surface area contributed by atoms with E-state index in [1.54, 1.807) is 25.1 Å².